The number of para-hydroxylation sites is 1. The normalized spacial score (nSPS) is 9.76. The average molecular weight is 240 g/mol. The fourth-order valence-electron chi connectivity index (χ4n) is 1.21. The van der Waals surface area contributed by atoms with E-state index < -0.39 is 17.7 Å². The first-order valence-corrected chi connectivity index (χ1v) is 4.95. The van der Waals surface area contributed by atoms with Gasteiger partial charge >= 0.3 is 5.97 Å². The number of carbonyl (C=O) groups excluding carboxylic acids is 2. The van der Waals surface area contributed by atoms with Crippen molar-refractivity contribution < 1.29 is 18.7 Å². The fraction of sp³-hybridized carbons (Fsp3) is 0.273. The molecule has 0 bridgehead atoms. The highest BCUT2D eigenvalue weighted by molar-refractivity contribution is 5.99. The number of carbonyl (C=O) groups is 2. The molecule has 6 heteroatoms. The number of amides is 1. The lowest BCUT2D eigenvalue weighted by molar-refractivity contribution is -0.140. The third-order valence-corrected chi connectivity index (χ3v) is 2.14. The van der Waals surface area contributed by atoms with Gasteiger partial charge in [-0.25, -0.2) is 4.39 Å². The number of hydrogen-bond donors (Lipinski definition) is 2. The van der Waals surface area contributed by atoms with E-state index >= 15 is 0 Å². The van der Waals surface area contributed by atoms with Crippen molar-refractivity contribution in [1.82, 2.24) is 5.32 Å². The minimum Gasteiger partial charge on any atom is -0.469 e. The van der Waals surface area contributed by atoms with Gasteiger partial charge < -0.3 is 15.8 Å². The van der Waals surface area contributed by atoms with Gasteiger partial charge in [-0.2, -0.15) is 0 Å². The molecule has 0 aromatic heterocycles. The predicted octanol–water partition coefficient (Wildman–Crippen LogP) is 0.701. The Morgan fingerprint density at radius 3 is 2.82 bits per heavy atom. The van der Waals surface area contributed by atoms with Crippen LogP contribution in [0.15, 0.2) is 18.2 Å². The summed E-state index contributed by atoms with van der Waals surface area (Å²) in [5.74, 6) is -1.60. The first kappa shape index (κ1) is 13.0. The van der Waals surface area contributed by atoms with E-state index in [2.05, 4.69) is 10.1 Å². The highest BCUT2D eigenvalue weighted by Gasteiger charge is 2.12. The zero-order chi connectivity index (χ0) is 12.8. The summed E-state index contributed by atoms with van der Waals surface area (Å²) in [6, 6.07) is 3.97. The van der Waals surface area contributed by atoms with Crippen LogP contribution < -0.4 is 11.1 Å². The van der Waals surface area contributed by atoms with Crippen LogP contribution >= 0.6 is 0 Å². The lowest BCUT2D eigenvalue weighted by Crippen LogP contribution is -2.27. The second kappa shape index (κ2) is 5.83. The van der Waals surface area contributed by atoms with Gasteiger partial charge in [0.25, 0.3) is 5.91 Å². The number of halogens is 1. The van der Waals surface area contributed by atoms with E-state index in [-0.39, 0.29) is 24.2 Å². The Balaban J connectivity index is 2.59. The molecule has 0 saturated carbocycles. The Kier molecular flexibility index (Phi) is 4.45. The van der Waals surface area contributed by atoms with Crippen LogP contribution in [0.2, 0.25) is 0 Å². The van der Waals surface area contributed by atoms with Crippen molar-refractivity contribution in [2.24, 2.45) is 0 Å². The summed E-state index contributed by atoms with van der Waals surface area (Å²) in [5, 5.41) is 2.45. The Morgan fingerprint density at radius 2 is 2.18 bits per heavy atom. The average Bonchev–Trinajstić information content (AvgIpc) is 2.32. The van der Waals surface area contributed by atoms with E-state index in [0.717, 1.165) is 0 Å². The number of ether oxygens (including phenoxy) is 1. The minimum absolute atomic E-state index is 0.0508. The summed E-state index contributed by atoms with van der Waals surface area (Å²) in [5.41, 5.74) is 5.26. The summed E-state index contributed by atoms with van der Waals surface area (Å²) in [6.45, 7) is 0.113. The summed E-state index contributed by atoms with van der Waals surface area (Å²) < 4.78 is 17.5. The quantitative estimate of drug-likeness (QED) is 0.599. The highest BCUT2D eigenvalue weighted by atomic mass is 19.1. The van der Waals surface area contributed by atoms with E-state index in [0.29, 0.717) is 0 Å². The van der Waals surface area contributed by atoms with Crippen LogP contribution in [0.25, 0.3) is 0 Å². The number of anilines is 1. The zero-order valence-corrected chi connectivity index (χ0v) is 9.33. The van der Waals surface area contributed by atoms with Gasteiger partial charge in [-0.05, 0) is 12.1 Å². The third kappa shape index (κ3) is 3.44. The standard InChI is InChI=1S/C11H13FN2O3/c1-17-9(15)5-6-14-11(16)7-3-2-4-8(12)10(7)13/h2-4H,5-6,13H2,1H3,(H,14,16). The first-order chi connectivity index (χ1) is 8.06. The molecular formula is C11H13FN2O3. The van der Waals surface area contributed by atoms with Crippen LogP contribution in [0.1, 0.15) is 16.8 Å². The number of benzene rings is 1. The minimum atomic E-state index is -0.648. The van der Waals surface area contributed by atoms with Crippen molar-refractivity contribution in [3.63, 3.8) is 0 Å². The fourth-order valence-corrected chi connectivity index (χ4v) is 1.21. The summed E-state index contributed by atoms with van der Waals surface area (Å²) in [7, 11) is 1.26. The van der Waals surface area contributed by atoms with Crippen LogP contribution in [-0.2, 0) is 9.53 Å². The number of nitrogens with two attached hydrogens (primary N) is 1. The number of methoxy groups -OCH3 is 1. The van der Waals surface area contributed by atoms with Crippen molar-refractivity contribution in [3.8, 4) is 0 Å². The van der Waals surface area contributed by atoms with Gasteiger partial charge in [0.2, 0.25) is 0 Å². The molecule has 0 spiro atoms. The summed E-state index contributed by atoms with van der Waals surface area (Å²) in [4.78, 5) is 22.4. The van der Waals surface area contributed by atoms with Crippen molar-refractivity contribution in [2.75, 3.05) is 19.4 Å². The molecule has 0 atom stereocenters. The molecule has 0 heterocycles. The highest BCUT2D eigenvalue weighted by Crippen LogP contribution is 2.15. The maximum absolute atomic E-state index is 13.1. The van der Waals surface area contributed by atoms with E-state index in [1.165, 1.54) is 25.3 Å². The zero-order valence-electron chi connectivity index (χ0n) is 9.33. The molecular weight excluding hydrogens is 227 g/mol. The number of esters is 1. The summed E-state index contributed by atoms with van der Waals surface area (Å²) >= 11 is 0. The number of nitrogen functional groups attached to an aromatic ring is 1. The van der Waals surface area contributed by atoms with Crippen LogP contribution in [0, 0.1) is 5.82 Å². The molecule has 0 aliphatic carbocycles. The molecule has 0 unspecified atom stereocenters. The smallest absolute Gasteiger partial charge is 0.307 e. The molecule has 17 heavy (non-hydrogen) atoms. The molecule has 0 radical (unpaired) electrons. The molecule has 0 aliphatic heterocycles. The molecule has 1 aromatic carbocycles. The van der Waals surface area contributed by atoms with Gasteiger partial charge in [0.05, 0.1) is 24.8 Å². The number of rotatable bonds is 4. The van der Waals surface area contributed by atoms with Crippen molar-refractivity contribution in [3.05, 3.63) is 29.6 Å². The van der Waals surface area contributed by atoms with Crippen LogP contribution in [0.3, 0.4) is 0 Å². The Morgan fingerprint density at radius 1 is 1.47 bits per heavy atom. The van der Waals surface area contributed by atoms with E-state index in [1.807, 2.05) is 0 Å². The van der Waals surface area contributed by atoms with Crippen molar-refractivity contribution >= 4 is 17.6 Å². The van der Waals surface area contributed by atoms with E-state index in [9.17, 15) is 14.0 Å². The molecule has 1 amide bonds. The monoisotopic (exact) mass is 240 g/mol. The Labute approximate surface area is 97.7 Å². The largest absolute Gasteiger partial charge is 0.469 e. The maximum Gasteiger partial charge on any atom is 0.307 e. The first-order valence-electron chi connectivity index (χ1n) is 4.95. The predicted molar refractivity (Wildman–Crippen MR) is 59.8 cm³/mol. The molecule has 0 fully saturated rings. The second-order valence-corrected chi connectivity index (χ2v) is 3.28. The molecule has 92 valence electrons. The molecule has 1 aromatic rings. The van der Waals surface area contributed by atoms with Gasteiger partial charge in [0.15, 0.2) is 0 Å². The molecule has 0 saturated heterocycles. The lowest BCUT2D eigenvalue weighted by atomic mass is 10.1. The molecule has 0 aliphatic rings. The van der Waals surface area contributed by atoms with Crippen molar-refractivity contribution in [2.45, 2.75) is 6.42 Å². The Bertz CT molecular complexity index is 435. The van der Waals surface area contributed by atoms with Crippen LogP contribution in [-0.4, -0.2) is 25.5 Å². The van der Waals surface area contributed by atoms with Gasteiger partial charge in [-0.3, -0.25) is 9.59 Å². The number of nitrogens with one attached hydrogen (secondary N) is 1. The van der Waals surface area contributed by atoms with E-state index in [1.54, 1.807) is 0 Å². The Hall–Kier alpha value is -2.11. The SMILES string of the molecule is COC(=O)CCNC(=O)c1cccc(F)c1N. The van der Waals surface area contributed by atoms with Gasteiger partial charge in [0, 0.05) is 6.54 Å². The topological polar surface area (TPSA) is 81.4 Å². The summed E-state index contributed by atoms with van der Waals surface area (Å²) in [6.07, 6.45) is 0.0530. The lowest BCUT2D eigenvalue weighted by Gasteiger charge is -2.07. The van der Waals surface area contributed by atoms with Crippen LogP contribution in [0.5, 0.6) is 0 Å². The third-order valence-electron chi connectivity index (χ3n) is 2.14. The van der Waals surface area contributed by atoms with Gasteiger partial charge in [-0.15, -0.1) is 0 Å². The molecule has 3 N–H and O–H groups in total. The van der Waals surface area contributed by atoms with Crippen LogP contribution in [0.4, 0.5) is 10.1 Å². The van der Waals surface area contributed by atoms with Crippen molar-refractivity contribution in [1.29, 1.82) is 0 Å². The molecule has 1 rings (SSSR count). The number of hydrogen-bond acceptors (Lipinski definition) is 4. The van der Waals surface area contributed by atoms with Gasteiger partial charge in [0.1, 0.15) is 5.82 Å². The maximum atomic E-state index is 13.1. The van der Waals surface area contributed by atoms with Gasteiger partial charge in [-0.1, -0.05) is 6.07 Å². The van der Waals surface area contributed by atoms with E-state index in [4.69, 9.17) is 5.73 Å². The molecule has 5 nitrogen and oxygen atoms in total. The second-order valence-electron chi connectivity index (χ2n) is 3.28.